The summed E-state index contributed by atoms with van der Waals surface area (Å²) in [6.45, 7) is 15.3. The predicted octanol–water partition coefficient (Wildman–Crippen LogP) is 7.11. The number of hydrogen-bond acceptors (Lipinski definition) is 10. The topological polar surface area (TPSA) is 141 Å². The number of alkyl halides is 1. The van der Waals surface area contributed by atoms with Gasteiger partial charge in [-0.25, -0.2) is 4.79 Å². The Kier molecular flexibility index (Phi) is 15.5. The zero-order chi connectivity index (χ0) is 40.4. The number of rotatable bonds is 18. The maximum atomic E-state index is 13.7. The summed E-state index contributed by atoms with van der Waals surface area (Å²) in [5.41, 5.74) is 3.54. The largest absolute Gasteiger partial charge is 0.508 e. The van der Waals surface area contributed by atoms with Gasteiger partial charge in [-0.15, -0.1) is 16.0 Å². The molecule has 0 fully saturated rings. The van der Waals surface area contributed by atoms with Crippen molar-refractivity contribution >= 4 is 62.3 Å². The summed E-state index contributed by atoms with van der Waals surface area (Å²) in [6, 6.07) is 13.2. The van der Waals surface area contributed by atoms with Crippen LogP contribution in [0.4, 0.5) is 10.5 Å². The number of aromatic hydroxyl groups is 1. The van der Waals surface area contributed by atoms with E-state index in [-0.39, 0.29) is 18.1 Å². The fourth-order valence-electron chi connectivity index (χ4n) is 6.03. The van der Waals surface area contributed by atoms with Crippen molar-refractivity contribution in [3.05, 3.63) is 86.8 Å². The molecule has 0 bridgehead atoms. The number of phenols is 1. The Morgan fingerprint density at radius 2 is 1.61 bits per heavy atom. The molecule has 302 valence electrons. The van der Waals surface area contributed by atoms with Gasteiger partial charge in [0.15, 0.2) is 11.0 Å². The summed E-state index contributed by atoms with van der Waals surface area (Å²) in [6.07, 6.45) is -0.454. The summed E-state index contributed by atoms with van der Waals surface area (Å²) >= 11 is 11.3. The molecule has 2 N–H and O–H groups in total. The molecule has 0 saturated carbocycles. The lowest BCUT2D eigenvalue weighted by Gasteiger charge is -2.27. The van der Waals surface area contributed by atoms with Gasteiger partial charge in [0.25, 0.3) is 0 Å². The van der Waals surface area contributed by atoms with Crippen molar-refractivity contribution in [2.24, 2.45) is 4.99 Å². The van der Waals surface area contributed by atoms with Crippen molar-refractivity contribution in [2.75, 3.05) is 63.4 Å². The molecule has 2 aromatic carbocycles. The molecule has 2 amide bonds. The lowest BCUT2D eigenvalue weighted by molar-refractivity contribution is -0.609. The molecule has 0 radical (unpaired) electrons. The smallest absolute Gasteiger partial charge is 0.410 e. The summed E-state index contributed by atoms with van der Waals surface area (Å²) in [5.74, 6) is 1.26. The molecule has 0 unspecified atom stereocenters. The van der Waals surface area contributed by atoms with Crippen LogP contribution in [0.3, 0.4) is 0 Å². The highest BCUT2D eigenvalue weighted by Gasteiger charge is 2.39. The monoisotopic (exact) mass is 873 g/mol. The minimum absolute atomic E-state index is 0.00362. The second-order valence-corrected chi connectivity index (χ2v) is 16.7. The first-order chi connectivity index (χ1) is 26.8. The fourth-order valence-corrected chi connectivity index (χ4v) is 7.60. The number of fused-ring (bicyclic) bond motifs is 3. The van der Waals surface area contributed by atoms with Gasteiger partial charge < -0.3 is 34.3 Å². The SMILES string of the molecule is Cc1sc2c(c1C)C(c1ccc(Cl)cc1)=N[C@@H](CC(=O)Nc1ccc(O)cc1)c1nn(CCN(CCOCCOCCOCCBr)C(=O)OC(C)(C)C)c(C)[n+]1-2. The van der Waals surface area contributed by atoms with E-state index in [4.69, 9.17) is 40.6 Å². The van der Waals surface area contributed by atoms with E-state index in [2.05, 4.69) is 39.7 Å². The van der Waals surface area contributed by atoms with Crippen molar-refractivity contribution < 1.29 is 38.2 Å². The maximum Gasteiger partial charge on any atom is 0.410 e. The lowest BCUT2D eigenvalue weighted by Crippen LogP contribution is -2.41. The van der Waals surface area contributed by atoms with Crippen LogP contribution in [0.25, 0.3) is 5.00 Å². The lowest BCUT2D eigenvalue weighted by atomic mass is 9.99. The van der Waals surface area contributed by atoms with Crippen LogP contribution < -0.4 is 9.88 Å². The molecule has 1 aliphatic heterocycles. The van der Waals surface area contributed by atoms with E-state index in [1.165, 1.54) is 12.1 Å². The second-order valence-electron chi connectivity index (χ2n) is 14.2. The molecule has 4 aromatic rings. The highest BCUT2D eigenvalue weighted by Crippen LogP contribution is 2.36. The first-order valence-corrected chi connectivity index (χ1v) is 20.9. The molecule has 16 heteroatoms. The van der Waals surface area contributed by atoms with Gasteiger partial charge in [-0.3, -0.25) is 9.79 Å². The van der Waals surface area contributed by atoms with E-state index in [0.717, 1.165) is 43.4 Å². The normalized spacial score (nSPS) is 13.8. The molecule has 1 atom stereocenters. The van der Waals surface area contributed by atoms with E-state index < -0.39 is 17.7 Å². The van der Waals surface area contributed by atoms with Crippen molar-refractivity contribution in [3.63, 3.8) is 0 Å². The number of ether oxygens (including phenoxy) is 4. The Balaban J connectivity index is 1.42. The number of benzene rings is 2. The van der Waals surface area contributed by atoms with E-state index >= 15 is 0 Å². The molecule has 13 nitrogen and oxygen atoms in total. The van der Waals surface area contributed by atoms with E-state index in [9.17, 15) is 14.7 Å². The predicted molar refractivity (Wildman–Crippen MR) is 221 cm³/mol. The molecule has 3 heterocycles. The van der Waals surface area contributed by atoms with Gasteiger partial charge >= 0.3 is 11.9 Å². The Morgan fingerprint density at radius 3 is 2.25 bits per heavy atom. The average Bonchev–Trinajstić information content (AvgIpc) is 3.58. The number of nitrogens with zero attached hydrogens (tertiary/aromatic N) is 5. The number of hydrogen-bond donors (Lipinski definition) is 2. The third-order valence-corrected chi connectivity index (χ3v) is 10.7. The molecule has 0 saturated heterocycles. The number of carbonyl (C=O) groups is 2. The Labute approximate surface area is 345 Å². The Morgan fingerprint density at radius 1 is 0.964 bits per heavy atom. The number of nitrogens with one attached hydrogen (secondary N) is 1. The third kappa shape index (κ3) is 11.6. The average molecular weight is 875 g/mol. The number of aryl methyl sites for hydroxylation is 1. The Bertz CT molecular complexity index is 1980. The van der Waals surface area contributed by atoms with E-state index in [1.807, 2.05) is 56.6 Å². The molecule has 0 spiro atoms. The molecule has 2 aromatic heterocycles. The first kappa shape index (κ1) is 43.3. The highest BCUT2D eigenvalue weighted by molar-refractivity contribution is 9.09. The highest BCUT2D eigenvalue weighted by atomic mass is 79.9. The number of thiophene rings is 1. The second kappa shape index (κ2) is 20.0. The summed E-state index contributed by atoms with van der Waals surface area (Å²) in [7, 11) is 0. The Hall–Kier alpha value is -3.86. The van der Waals surface area contributed by atoms with Crippen molar-refractivity contribution in [3.8, 4) is 10.8 Å². The number of halogens is 2. The van der Waals surface area contributed by atoms with Crippen LogP contribution in [0.5, 0.6) is 5.75 Å². The quantitative estimate of drug-likeness (QED) is 0.0467. The molecule has 5 rings (SSSR count). The number of carbonyl (C=O) groups excluding carboxylic acids is 2. The summed E-state index contributed by atoms with van der Waals surface area (Å²) in [4.78, 5) is 35.1. The van der Waals surface area contributed by atoms with E-state index in [0.29, 0.717) is 75.8 Å². The van der Waals surface area contributed by atoms with E-state index in [1.54, 1.807) is 28.4 Å². The third-order valence-electron chi connectivity index (χ3n) is 8.89. The van der Waals surface area contributed by atoms with Crippen LogP contribution >= 0.6 is 38.9 Å². The molecule has 1 aliphatic rings. The fraction of sp³-hybridized carbons (Fsp3) is 0.475. The van der Waals surface area contributed by atoms with Gasteiger partial charge in [0.2, 0.25) is 11.7 Å². The van der Waals surface area contributed by atoms with Gasteiger partial charge in [-0.05, 0) is 76.6 Å². The van der Waals surface area contributed by atoms with Crippen LogP contribution in [0, 0.1) is 20.8 Å². The van der Waals surface area contributed by atoms with Gasteiger partial charge in [0, 0.05) is 45.0 Å². The van der Waals surface area contributed by atoms with Crippen molar-refractivity contribution in [1.29, 1.82) is 0 Å². The standard InChI is InChI=1S/C40H50BrClN6O7S/c1-26-27(2)56-38-35(26)36(29-7-9-30(42)10-8-29)44-33(25-34(50)43-31-11-13-32(49)14-12-31)37-45-47(28(3)48(37)38)17-16-46(39(51)55-40(4,5)6)18-20-53-22-24-54-23-21-52-19-15-41/h7-14,33H,15-25H2,1-6H3,(H-,43,49,50)/p+1/t33-/m0/s1. The summed E-state index contributed by atoms with van der Waals surface area (Å²) < 4.78 is 26.5. The molecular weight excluding hydrogens is 824 g/mol. The number of aromatic nitrogens is 3. The summed E-state index contributed by atoms with van der Waals surface area (Å²) in [5, 5.41) is 20.1. The number of aliphatic imine (C=N–C) groups is 1. The van der Waals surface area contributed by atoms with Gasteiger partial charge in [-0.1, -0.05) is 39.7 Å². The van der Waals surface area contributed by atoms with Crippen LogP contribution in [0.2, 0.25) is 5.02 Å². The van der Waals surface area contributed by atoms with Gasteiger partial charge in [-0.2, -0.15) is 4.57 Å². The minimum Gasteiger partial charge on any atom is -0.508 e. The van der Waals surface area contributed by atoms with Gasteiger partial charge in [0.05, 0.1) is 63.9 Å². The van der Waals surface area contributed by atoms with Crippen molar-refractivity contribution in [1.82, 2.24) is 14.7 Å². The molecule has 56 heavy (non-hydrogen) atoms. The number of amides is 2. The van der Waals surface area contributed by atoms with Crippen LogP contribution in [0.15, 0.2) is 53.5 Å². The zero-order valence-corrected chi connectivity index (χ0v) is 35.9. The molecular formula is C40H51BrClN6O7S+. The first-order valence-electron chi connectivity index (χ1n) is 18.6. The number of anilines is 1. The van der Waals surface area contributed by atoms with Crippen LogP contribution in [0.1, 0.15) is 66.5 Å². The van der Waals surface area contributed by atoms with Crippen molar-refractivity contribution in [2.45, 2.75) is 66.2 Å². The van der Waals surface area contributed by atoms with Gasteiger partial charge in [0.1, 0.15) is 17.9 Å². The van der Waals surface area contributed by atoms with Crippen LogP contribution in [-0.2, 0) is 30.3 Å². The van der Waals surface area contributed by atoms with Crippen LogP contribution in [-0.4, -0.2) is 101 Å². The zero-order valence-electron chi connectivity index (χ0n) is 32.8. The number of phenolic OH excluding ortho intramolecular Hbond substituents is 1. The maximum absolute atomic E-state index is 13.7. The molecule has 0 aliphatic carbocycles. The minimum atomic E-state index is -0.686.